The lowest BCUT2D eigenvalue weighted by Gasteiger charge is -2.24. The van der Waals surface area contributed by atoms with Gasteiger partial charge < -0.3 is 10.1 Å². The topological polar surface area (TPSA) is 168 Å². The zero-order valence-electron chi connectivity index (χ0n) is 31.9. The molecule has 4 aromatic heterocycles. The van der Waals surface area contributed by atoms with Crippen molar-refractivity contribution in [3.63, 3.8) is 0 Å². The van der Waals surface area contributed by atoms with Crippen molar-refractivity contribution in [1.82, 2.24) is 39.4 Å². The molecule has 62 heavy (non-hydrogen) atoms. The Kier molecular flexibility index (Phi) is 9.61. The number of ether oxygens (including phenoxy) is 1. The van der Waals surface area contributed by atoms with Gasteiger partial charge in [0, 0.05) is 43.5 Å². The van der Waals surface area contributed by atoms with Gasteiger partial charge in [-0.15, -0.1) is 0 Å². The standard InChI is InChI=1S/C38H30ClF8N9O5S/c1-54-30-24(5-4-22(39)28(30)34(52-54)53-62(2,59)60)56-35(50-33-19(36(56)58)3-6-26(49-33)61-14-16-12-37(16,44)45)23(9-15-7-17(40)10-18(41)8-15)48-25(57)13-55-31-27(29(51-55)32(42)43)20-11-21(20)38(31,46)47/h3-8,10,16,20-21,23,32H,9,11-14H2,1-2H3,(H,48,57)(H,52,53)/t16?,20-,21+,23-/m0/s1. The van der Waals surface area contributed by atoms with Crippen molar-refractivity contribution in [2.45, 2.75) is 56.0 Å². The molecule has 9 rings (SSSR count). The normalized spacial score (nSPS) is 20.0. The monoisotopic (exact) mass is 911 g/mol. The molecule has 14 nitrogen and oxygen atoms in total. The number of fused-ring (bicyclic) bond motifs is 5. The number of anilines is 1. The second-order valence-corrected chi connectivity index (χ2v) is 17.7. The van der Waals surface area contributed by atoms with Crippen molar-refractivity contribution in [3.8, 4) is 11.6 Å². The van der Waals surface area contributed by atoms with Crippen LogP contribution in [-0.2, 0) is 40.8 Å². The number of sulfonamides is 1. The number of benzene rings is 2. The molecule has 0 spiro atoms. The average molecular weight is 912 g/mol. The molecule has 2 fully saturated rings. The van der Waals surface area contributed by atoms with E-state index in [1.165, 1.54) is 36.0 Å². The first kappa shape index (κ1) is 41.5. The number of rotatable bonds is 13. The van der Waals surface area contributed by atoms with E-state index < -0.39 is 118 Å². The summed E-state index contributed by atoms with van der Waals surface area (Å²) < 4.78 is 151. The number of amides is 1. The number of carbonyl (C=O) groups excluding carboxylic acids is 1. The fraction of sp³-hybridized carbons (Fsp3) is 0.368. The van der Waals surface area contributed by atoms with Crippen LogP contribution in [0.1, 0.15) is 59.6 Å². The highest BCUT2D eigenvalue weighted by molar-refractivity contribution is 7.92. The predicted octanol–water partition coefficient (Wildman–Crippen LogP) is 6.45. The molecule has 3 aliphatic rings. The first-order valence-corrected chi connectivity index (χ1v) is 21.0. The summed E-state index contributed by atoms with van der Waals surface area (Å²) in [7, 11) is -2.56. The Hall–Kier alpha value is -5.84. The largest absolute Gasteiger partial charge is 0.477 e. The summed E-state index contributed by atoms with van der Waals surface area (Å²) >= 11 is 6.57. The van der Waals surface area contributed by atoms with E-state index in [9.17, 15) is 44.3 Å². The Morgan fingerprint density at radius 1 is 1.05 bits per heavy atom. The summed E-state index contributed by atoms with van der Waals surface area (Å²) in [6.45, 7) is -1.48. The second-order valence-electron chi connectivity index (χ2n) is 15.5. The molecule has 2 N–H and O–H groups in total. The second kappa shape index (κ2) is 14.4. The number of hydrogen-bond donors (Lipinski definition) is 2. The average Bonchev–Trinajstić information content (AvgIpc) is 3.97. The molecule has 326 valence electrons. The van der Waals surface area contributed by atoms with Crippen molar-refractivity contribution in [1.29, 1.82) is 0 Å². The maximum Gasteiger partial charge on any atom is 0.293 e. The third kappa shape index (κ3) is 7.26. The summed E-state index contributed by atoms with van der Waals surface area (Å²) in [6.07, 6.45) is -3.39. The Balaban J connectivity index is 1.22. The van der Waals surface area contributed by atoms with E-state index in [-0.39, 0.29) is 61.9 Å². The number of pyridine rings is 1. The Morgan fingerprint density at radius 2 is 1.76 bits per heavy atom. The van der Waals surface area contributed by atoms with Crippen LogP contribution in [0.15, 0.2) is 47.3 Å². The van der Waals surface area contributed by atoms with Gasteiger partial charge in [0.1, 0.15) is 35.4 Å². The van der Waals surface area contributed by atoms with E-state index in [0.717, 1.165) is 23.0 Å². The number of aryl methyl sites for hydroxylation is 1. The number of hydrogen-bond acceptors (Lipinski definition) is 9. The van der Waals surface area contributed by atoms with Crippen molar-refractivity contribution in [2.24, 2.45) is 18.9 Å². The lowest BCUT2D eigenvalue weighted by molar-refractivity contribution is -0.123. The molecule has 1 amide bonds. The molecule has 4 heterocycles. The van der Waals surface area contributed by atoms with Crippen molar-refractivity contribution in [3.05, 3.63) is 97.8 Å². The van der Waals surface area contributed by atoms with Gasteiger partial charge in [-0.3, -0.25) is 28.2 Å². The number of aromatic nitrogens is 7. The van der Waals surface area contributed by atoms with E-state index in [4.69, 9.17) is 16.3 Å². The quantitative estimate of drug-likeness (QED) is 0.124. The highest BCUT2D eigenvalue weighted by Crippen LogP contribution is 2.68. The molecular weight excluding hydrogens is 882 g/mol. The van der Waals surface area contributed by atoms with Crippen LogP contribution < -0.4 is 20.3 Å². The van der Waals surface area contributed by atoms with Gasteiger partial charge in [-0.05, 0) is 48.2 Å². The molecule has 0 radical (unpaired) electrons. The van der Waals surface area contributed by atoms with Crippen LogP contribution in [0.25, 0.3) is 27.6 Å². The fourth-order valence-corrected chi connectivity index (χ4v) is 8.90. The first-order valence-electron chi connectivity index (χ1n) is 18.7. The number of carbonyl (C=O) groups is 1. The van der Waals surface area contributed by atoms with Gasteiger partial charge in [0.15, 0.2) is 11.5 Å². The summed E-state index contributed by atoms with van der Waals surface area (Å²) in [6, 6.07) is 5.87. The van der Waals surface area contributed by atoms with Gasteiger partial charge in [-0.25, -0.2) is 39.7 Å². The summed E-state index contributed by atoms with van der Waals surface area (Å²) in [5.74, 6) is -13.8. The molecule has 24 heteroatoms. The van der Waals surface area contributed by atoms with E-state index >= 15 is 8.78 Å². The van der Waals surface area contributed by atoms with E-state index in [0.29, 0.717) is 10.7 Å². The van der Waals surface area contributed by atoms with Crippen LogP contribution in [0.2, 0.25) is 5.02 Å². The smallest absolute Gasteiger partial charge is 0.293 e. The summed E-state index contributed by atoms with van der Waals surface area (Å²) in [5.41, 5.74) is -3.49. The Morgan fingerprint density at radius 3 is 2.42 bits per heavy atom. The van der Waals surface area contributed by atoms with Gasteiger partial charge >= 0.3 is 0 Å². The van der Waals surface area contributed by atoms with Crippen molar-refractivity contribution in [2.75, 3.05) is 17.6 Å². The molecular formula is C38H30ClF8N9O5S. The minimum atomic E-state index is -3.95. The lowest BCUT2D eigenvalue weighted by Crippen LogP contribution is -2.38. The molecule has 6 aromatic rings. The zero-order chi connectivity index (χ0) is 44.4. The summed E-state index contributed by atoms with van der Waals surface area (Å²) in [5, 5.41) is 10.3. The summed E-state index contributed by atoms with van der Waals surface area (Å²) in [4.78, 5) is 37.7. The molecule has 1 unspecified atom stereocenters. The highest BCUT2D eigenvalue weighted by Gasteiger charge is 2.67. The van der Waals surface area contributed by atoms with Gasteiger partial charge in [0.05, 0.1) is 51.8 Å². The lowest BCUT2D eigenvalue weighted by atomic mass is 10.0. The number of nitrogens with one attached hydrogen (secondary N) is 2. The maximum absolute atomic E-state index is 15.5. The van der Waals surface area contributed by atoms with Crippen molar-refractivity contribution >= 4 is 55.3 Å². The van der Waals surface area contributed by atoms with Crippen LogP contribution in [0.5, 0.6) is 5.88 Å². The number of alkyl halides is 6. The third-order valence-corrected chi connectivity index (χ3v) is 11.9. The molecule has 0 bridgehead atoms. The van der Waals surface area contributed by atoms with Crippen LogP contribution in [-0.4, -0.2) is 67.2 Å². The SMILES string of the molecule is Cn1nc(NS(C)(=O)=O)c2c(Cl)ccc(-n3c([C@H](Cc4cc(F)cc(F)c4)NC(=O)Cn4nc(C(F)F)c5c4C(F)(F)[C@@H]4C[C@H]54)nc4nc(OCC5CC5(F)F)ccc4c3=O)c21. The van der Waals surface area contributed by atoms with E-state index in [1.54, 1.807) is 0 Å². The molecule has 3 aliphatic carbocycles. The molecule has 2 saturated carbocycles. The molecule has 0 aliphatic heterocycles. The van der Waals surface area contributed by atoms with Gasteiger partial charge in [0.2, 0.25) is 21.8 Å². The molecule has 0 saturated heterocycles. The van der Waals surface area contributed by atoms with Crippen LogP contribution in [0.4, 0.5) is 40.9 Å². The fourth-order valence-electron chi connectivity index (χ4n) is 8.16. The minimum Gasteiger partial charge on any atom is -0.477 e. The van der Waals surface area contributed by atoms with Gasteiger partial charge in [-0.2, -0.15) is 24.0 Å². The maximum atomic E-state index is 15.5. The van der Waals surface area contributed by atoms with E-state index in [1.807, 2.05) is 0 Å². The first-order chi connectivity index (χ1) is 29.1. The number of halogens is 9. The Bertz CT molecular complexity index is 3030. The highest BCUT2D eigenvalue weighted by atomic mass is 35.5. The molecule has 4 atom stereocenters. The van der Waals surface area contributed by atoms with E-state index in [2.05, 4.69) is 30.2 Å². The minimum absolute atomic E-state index is 0.00271. The van der Waals surface area contributed by atoms with Gasteiger partial charge in [-0.1, -0.05) is 11.6 Å². The third-order valence-electron chi connectivity index (χ3n) is 11.0. The van der Waals surface area contributed by atoms with Crippen LogP contribution in [0, 0.1) is 23.5 Å². The zero-order valence-corrected chi connectivity index (χ0v) is 33.5. The number of nitrogens with zero attached hydrogens (tertiary/aromatic N) is 7. The van der Waals surface area contributed by atoms with Crippen molar-refractivity contribution < 1.29 is 53.1 Å². The van der Waals surface area contributed by atoms with Crippen LogP contribution in [0.3, 0.4) is 0 Å². The Labute approximate surface area is 348 Å². The van der Waals surface area contributed by atoms with Gasteiger partial charge in [0.25, 0.3) is 23.8 Å². The van der Waals surface area contributed by atoms with Crippen LogP contribution >= 0.6 is 11.6 Å². The molecule has 2 aromatic carbocycles. The predicted molar refractivity (Wildman–Crippen MR) is 204 cm³/mol.